The highest BCUT2D eigenvalue weighted by atomic mass is 79.9. The van der Waals surface area contributed by atoms with Crippen LogP contribution in [0.25, 0.3) is 0 Å². The zero-order valence-electron chi connectivity index (χ0n) is 9.24. The summed E-state index contributed by atoms with van der Waals surface area (Å²) < 4.78 is 0.907. The summed E-state index contributed by atoms with van der Waals surface area (Å²) in [5.41, 5.74) is 8.13. The molecule has 0 fully saturated rings. The van der Waals surface area contributed by atoms with Crippen molar-refractivity contribution in [2.45, 2.75) is 0 Å². The summed E-state index contributed by atoms with van der Waals surface area (Å²) in [5, 5.41) is 12.6. The molecule has 0 aliphatic heterocycles. The van der Waals surface area contributed by atoms with Gasteiger partial charge in [-0.3, -0.25) is 0 Å². The third-order valence-corrected chi connectivity index (χ3v) is 3.25. The van der Waals surface area contributed by atoms with E-state index in [0.717, 1.165) is 10.2 Å². The van der Waals surface area contributed by atoms with Crippen molar-refractivity contribution >= 4 is 44.6 Å². The zero-order valence-corrected chi connectivity index (χ0v) is 11.6. The molecule has 0 radical (unpaired) electrons. The van der Waals surface area contributed by atoms with Gasteiger partial charge in [0.05, 0.1) is 27.6 Å². The predicted octanol–water partition coefficient (Wildman–Crippen LogP) is 4.30. The molecule has 0 heterocycles. The molecule has 0 saturated heterocycles. The molecular weight excluding hydrogens is 314 g/mol. The number of anilines is 3. The van der Waals surface area contributed by atoms with Crippen LogP contribution in [0.4, 0.5) is 17.1 Å². The number of nitriles is 1. The molecule has 0 aliphatic carbocycles. The fraction of sp³-hybridized carbons (Fsp3) is 0. The van der Waals surface area contributed by atoms with Crippen molar-refractivity contribution in [2.75, 3.05) is 11.1 Å². The summed E-state index contributed by atoms with van der Waals surface area (Å²) in [7, 11) is 0. The van der Waals surface area contributed by atoms with Gasteiger partial charge >= 0.3 is 0 Å². The Hall–Kier alpha value is -1.70. The lowest BCUT2D eigenvalue weighted by molar-refractivity contribution is 1.47. The number of para-hydroxylation sites is 1. The zero-order chi connectivity index (χ0) is 13.1. The van der Waals surface area contributed by atoms with Crippen LogP contribution in [-0.4, -0.2) is 0 Å². The molecule has 0 unspecified atom stereocenters. The lowest BCUT2D eigenvalue weighted by Crippen LogP contribution is -1.99. The van der Waals surface area contributed by atoms with Crippen molar-refractivity contribution in [3.8, 4) is 6.07 Å². The van der Waals surface area contributed by atoms with E-state index >= 15 is 0 Å². The summed E-state index contributed by atoms with van der Waals surface area (Å²) in [5.74, 6) is 0. The Morgan fingerprint density at radius 3 is 2.72 bits per heavy atom. The number of nitrogens with zero attached hydrogens (tertiary/aromatic N) is 1. The van der Waals surface area contributed by atoms with E-state index in [0.29, 0.717) is 22.0 Å². The highest BCUT2D eigenvalue weighted by Gasteiger charge is 2.07. The van der Waals surface area contributed by atoms with E-state index in [9.17, 15) is 0 Å². The number of hydrogen-bond donors (Lipinski definition) is 2. The molecule has 2 aromatic rings. The van der Waals surface area contributed by atoms with Gasteiger partial charge in [0.25, 0.3) is 0 Å². The average molecular weight is 323 g/mol. The molecule has 0 bridgehead atoms. The van der Waals surface area contributed by atoms with E-state index in [2.05, 4.69) is 21.2 Å². The van der Waals surface area contributed by atoms with E-state index in [1.807, 2.05) is 18.2 Å². The van der Waals surface area contributed by atoms with Gasteiger partial charge in [-0.2, -0.15) is 5.26 Å². The summed E-state index contributed by atoms with van der Waals surface area (Å²) in [6.07, 6.45) is 0. The quantitative estimate of drug-likeness (QED) is 0.810. The lowest BCUT2D eigenvalue weighted by Gasteiger charge is -2.11. The Morgan fingerprint density at radius 2 is 2.00 bits per heavy atom. The number of nitrogen functional groups attached to an aromatic ring is 1. The van der Waals surface area contributed by atoms with Crippen LogP contribution in [0.1, 0.15) is 5.56 Å². The number of halogens is 2. The maximum absolute atomic E-state index is 8.92. The maximum Gasteiger partial charge on any atom is 0.101 e. The number of nitrogens with one attached hydrogen (secondary N) is 1. The highest BCUT2D eigenvalue weighted by molar-refractivity contribution is 9.10. The average Bonchev–Trinajstić information content (AvgIpc) is 2.36. The fourth-order valence-electron chi connectivity index (χ4n) is 1.51. The monoisotopic (exact) mass is 321 g/mol. The minimum Gasteiger partial charge on any atom is -0.396 e. The topological polar surface area (TPSA) is 61.8 Å². The van der Waals surface area contributed by atoms with Crippen LogP contribution >= 0.6 is 27.5 Å². The van der Waals surface area contributed by atoms with E-state index < -0.39 is 0 Å². The van der Waals surface area contributed by atoms with Gasteiger partial charge in [-0.05, 0) is 30.3 Å². The van der Waals surface area contributed by atoms with Crippen molar-refractivity contribution in [2.24, 2.45) is 0 Å². The predicted molar refractivity (Wildman–Crippen MR) is 78.0 cm³/mol. The minimum absolute atomic E-state index is 0.413. The number of nitrogens with two attached hydrogens (primary N) is 1. The largest absolute Gasteiger partial charge is 0.396 e. The van der Waals surface area contributed by atoms with E-state index in [-0.39, 0.29) is 0 Å². The molecule has 90 valence electrons. The van der Waals surface area contributed by atoms with Gasteiger partial charge in [0.1, 0.15) is 6.07 Å². The first-order valence-electron chi connectivity index (χ1n) is 5.12. The Morgan fingerprint density at radius 1 is 1.22 bits per heavy atom. The van der Waals surface area contributed by atoms with Crippen molar-refractivity contribution in [3.05, 3.63) is 51.5 Å². The van der Waals surface area contributed by atoms with Gasteiger partial charge in [0.2, 0.25) is 0 Å². The lowest BCUT2D eigenvalue weighted by atomic mass is 10.1. The molecule has 0 aliphatic rings. The first-order valence-corrected chi connectivity index (χ1v) is 6.29. The van der Waals surface area contributed by atoms with Crippen LogP contribution in [0.2, 0.25) is 5.02 Å². The maximum atomic E-state index is 8.92. The SMILES string of the molecule is N#Cc1cccc(Nc2cc(Br)ccc2Cl)c1N. The summed E-state index contributed by atoms with van der Waals surface area (Å²) in [6.45, 7) is 0. The number of hydrogen-bond acceptors (Lipinski definition) is 3. The summed E-state index contributed by atoms with van der Waals surface area (Å²) in [6, 6.07) is 12.7. The molecule has 0 saturated carbocycles. The minimum atomic E-state index is 0.413. The molecule has 5 heteroatoms. The first-order chi connectivity index (χ1) is 8.61. The fourth-order valence-corrected chi connectivity index (χ4v) is 2.04. The summed E-state index contributed by atoms with van der Waals surface area (Å²) >= 11 is 9.46. The van der Waals surface area contributed by atoms with Gasteiger partial charge in [-0.15, -0.1) is 0 Å². The molecule has 2 aromatic carbocycles. The second-order valence-corrected chi connectivity index (χ2v) is 4.95. The third kappa shape index (κ3) is 2.58. The Bertz CT molecular complexity index is 635. The molecular formula is C13H9BrClN3. The van der Waals surface area contributed by atoms with Gasteiger partial charge in [-0.1, -0.05) is 33.6 Å². The van der Waals surface area contributed by atoms with Crippen LogP contribution in [0, 0.1) is 11.3 Å². The normalized spacial score (nSPS) is 9.83. The van der Waals surface area contributed by atoms with Crippen LogP contribution in [0.5, 0.6) is 0 Å². The van der Waals surface area contributed by atoms with Crippen molar-refractivity contribution in [1.29, 1.82) is 5.26 Å². The molecule has 0 aromatic heterocycles. The van der Waals surface area contributed by atoms with Gasteiger partial charge in [-0.25, -0.2) is 0 Å². The molecule has 0 amide bonds. The molecule has 0 spiro atoms. The third-order valence-electron chi connectivity index (χ3n) is 2.42. The van der Waals surface area contributed by atoms with E-state index in [4.69, 9.17) is 22.6 Å². The van der Waals surface area contributed by atoms with E-state index in [1.54, 1.807) is 24.3 Å². The molecule has 3 nitrogen and oxygen atoms in total. The van der Waals surface area contributed by atoms with Crippen molar-refractivity contribution in [3.63, 3.8) is 0 Å². The second kappa shape index (κ2) is 5.30. The van der Waals surface area contributed by atoms with Crippen LogP contribution < -0.4 is 11.1 Å². The van der Waals surface area contributed by atoms with Gasteiger partial charge in [0.15, 0.2) is 0 Å². The molecule has 0 atom stereocenters. The van der Waals surface area contributed by atoms with E-state index in [1.165, 1.54) is 0 Å². The van der Waals surface area contributed by atoms with Crippen LogP contribution in [-0.2, 0) is 0 Å². The number of benzene rings is 2. The van der Waals surface area contributed by atoms with Crippen LogP contribution in [0.3, 0.4) is 0 Å². The molecule has 18 heavy (non-hydrogen) atoms. The first kappa shape index (κ1) is 12.7. The smallest absolute Gasteiger partial charge is 0.101 e. The van der Waals surface area contributed by atoms with Crippen LogP contribution in [0.15, 0.2) is 40.9 Å². The molecule has 2 rings (SSSR count). The second-order valence-electron chi connectivity index (χ2n) is 3.63. The Balaban J connectivity index is 2.41. The summed E-state index contributed by atoms with van der Waals surface area (Å²) in [4.78, 5) is 0. The Labute approximate surface area is 118 Å². The van der Waals surface area contributed by atoms with Crippen molar-refractivity contribution < 1.29 is 0 Å². The van der Waals surface area contributed by atoms with Crippen molar-refractivity contribution in [1.82, 2.24) is 0 Å². The Kier molecular flexibility index (Phi) is 3.75. The van der Waals surface area contributed by atoms with Gasteiger partial charge < -0.3 is 11.1 Å². The number of rotatable bonds is 2. The highest BCUT2D eigenvalue weighted by Crippen LogP contribution is 2.31. The van der Waals surface area contributed by atoms with Gasteiger partial charge in [0, 0.05) is 4.47 Å². The molecule has 3 N–H and O–H groups in total. The standard InChI is InChI=1S/C13H9BrClN3/c14-9-4-5-10(15)12(6-9)18-11-3-1-2-8(7-16)13(11)17/h1-6,18H,17H2.